The van der Waals surface area contributed by atoms with Crippen LogP contribution in [0.3, 0.4) is 0 Å². The maximum Gasteiger partial charge on any atom is 0.271 e. The van der Waals surface area contributed by atoms with Gasteiger partial charge < -0.3 is 14.0 Å². The van der Waals surface area contributed by atoms with E-state index in [0.29, 0.717) is 25.3 Å². The van der Waals surface area contributed by atoms with Crippen LogP contribution in [-0.4, -0.2) is 62.5 Å². The van der Waals surface area contributed by atoms with Crippen molar-refractivity contribution < 1.29 is 13.2 Å². The monoisotopic (exact) mass is 460 g/mol. The van der Waals surface area contributed by atoms with Gasteiger partial charge in [0.1, 0.15) is 16.4 Å². The molecule has 9 nitrogen and oxygen atoms in total. The van der Waals surface area contributed by atoms with Gasteiger partial charge in [-0.1, -0.05) is 12.8 Å². The summed E-state index contributed by atoms with van der Waals surface area (Å²) in [5.41, 5.74) is 0.406. The smallest absolute Gasteiger partial charge is 0.271 e. The van der Waals surface area contributed by atoms with E-state index in [2.05, 4.69) is 14.8 Å². The third-order valence-corrected chi connectivity index (χ3v) is 8.97. The van der Waals surface area contributed by atoms with E-state index in [4.69, 9.17) is 0 Å². The predicted octanol–water partition coefficient (Wildman–Crippen LogP) is 2.49. The highest BCUT2D eigenvalue weighted by atomic mass is 32.2. The highest BCUT2D eigenvalue weighted by molar-refractivity contribution is 7.89. The van der Waals surface area contributed by atoms with Gasteiger partial charge in [-0.2, -0.15) is 4.31 Å². The summed E-state index contributed by atoms with van der Waals surface area (Å²) in [4.78, 5) is 15.6. The summed E-state index contributed by atoms with van der Waals surface area (Å²) in [7, 11) is -1.83. The van der Waals surface area contributed by atoms with Crippen LogP contribution in [0, 0.1) is 0 Å². The Labute approximate surface area is 189 Å². The van der Waals surface area contributed by atoms with Crippen LogP contribution in [0.4, 0.5) is 0 Å². The molecule has 0 radical (unpaired) electrons. The molecule has 1 unspecified atom stereocenters. The van der Waals surface area contributed by atoms with Crippen molar-refractivity contribution in [1.82, 2.24) is 28.5 Å². The summed E-state index contributed by atoms with van der Waals surface area (Å²) in [6, 6.07) is 1.44. The quantitative estimate of drug-likeness (QED) is 0.699. The number of carbonyl (C=O) groups is 1. The number of likely N-dealkylation sites (tertiary alicyclic amines) is 1. The summed E-state index contributed by atoms with van der Waals surface area (Å²) < 4.78 is 31.6. The first-order chi connectivity index (χ1) is 15.5. The molecule has 5 rings (SSSR count). The van der Waals surface area contributed by atoms with E-state index < -0.39 is 10.0 Å². The average molecular weight is 461 g/mol. The van der Waals surface area contributed by atoms with Crippen molar-refractivity contribution in [1.29, 1.82) is 0 Å². The predicted molar refractivity (Wildman–Crippen MR) is 119 cm³/mol. The number of sulfonamides is 1. The number of aromatic nitrogens is 4. The number of carbonyl (C=O) groups excluding carboxylic acids is 1. The molecule has 0 spiro atoms. The molecule has 32 heavy (non-hydrogen) atoms. The maximum absolute atomic E-state index is 13.6. The molecule has 10 heteroatoms. The molecule has 0 aromatic carbocycles. The van der Waals surface area contributed by atoms with Gasteiger partial charge in [0.2, 0.25) is 10.0 Å². The Morgan fingerprint density at radius 1 is 0.969 bits per heavy atom. The third-order valence-electron chi connectivity index (χ3n) is 7.10. The number of aryl methyl sites for hydroxylation is 2. The van der Waals surface area contributed by atoms with Crippen molar-refractivity contribution >= 4 is 15.9 Å². The lowest BCUT2D eigenvalue weighted by Crippen LogP contribution is -2.35. The van der Waals surface area contributed by atoms with E-state index in [9.17, 15) is 13.2 Å². The highest BCUT2D eigenvalue weighted by Crippen LogP contribution is 2.34. The lowest BCUT2D eigenvalue weighted by molar-refractivity contribution is 0.0717. The molecule has 0 bridgehead atoms. The number of amides is 1. The third kappa shape index (κ3) is 3.77. The first-order valence-electron chi connectivity index (χ1n) is 11.9. The Morgan fingerprint density at radius 3 is 2.53 bits per heavy atom. The van der Waals surface area contributed by atoms with Gasteiger partial charge in [0.15, 0.2) is 5.82 Å². The van der Waals surface area contributed by atoms with Crippen LogP contribution in [0.5, 0.6) is 0 Å². The number of nitrogens with zero attached hydrogens (tertiary/aromatic N) is 6. The zero-order valence-corrected chi connectivity index (χ0v) is 19.6. The molecular weight excluding hydrogens is 428 g/mol. The molecule has 0 saturated carbocycles. The molecule has 2 saturated heterocycles. The van der Waals surface area contributed by atoms with E-state index in [0.717, 1.165) is 69.6 Å². The normalized spacial score (nSPS) is 22.7. The molecule has 0 N–H and O–H groups in total. The van der Waals surface area contributed by atoms with Gasteiger partial charge in [-0.25, -0.2) is 8.42 Å². The van der Waals surface area contributed by atoms with Crippen LogP contribution >= 0.6 is 0 Å². The molecule has 3 aliphatic rings. The van der Waals surface area contributed by atoms with Crippen molar-refractivity contribution in [2.75, 3.05) is 19.6 Å². The van der Waals surface area contributed by atoms with Gasteiger partial charge in [0, 0.05) is 45.8 Å². The standard InChI is InChI=1S/C22H32N6O3S/c1-25-16-17(32(30,31)26-11-5-3-6-12-26)15-19(25)22(29)27-14-8-9-18(27)21-24-23-20-10-4-2-7-13-28(20)21/h15-16,18H,2-14H2,1H3. The Morgan fingerprint density at radius 2 is 1.72 bits per heavy atom. The van der Waals surface area contributed by atoms with Crippen LogP contribution in [0.25, 0.3) is 0 Å². The van der Waals surface area contributed by atoms with Crippen LogP contribution in [-0.2, 0) is 30.0 Å². The summed E-state index contributed by atoms with van der Waals surface area (Å²) in [6.45, 7) is 2.64. The van der Waals surface area contributed by atoms with Gasteiger partial charge in [0.05, 0.1) is 6.04 Å². The van der Waals surface area contributed by atoms with Gasteiger partial charge >= 0.3 is 0 Å². The summed E-state index contributed by atoms with van der Waals surface area (Å²) in [5.74, 6) is 1.76. The molecule has 174 valence electrons. The number of rotatable bonds is 4. The second-order valence-corrected chi connectivity index (χ2v) is 11.2. The second-order valence-electron chi connectivity index (χ2n) is 9.23. The van der Waals surface area contributed by atoms with Crippen LogP contribution in [0.1, 0.15) is 79.5 Å². The van der Waals surface area contributed by atoms with Crippen LogP contribution in [0.15, 0.2) is 17.2 Å². The molecule has 2 aromatic heterocycles. The first-order valence-corrected chi connectivity index (χ1v) is 13.3. The minimum absolute atomic E-state index is 0.112. The van der Waals surface area contributed by atoms with Gasteiger partial charge in [-0.05, 0) is 44.6 Å². The van der Waals surface area contributed by atoms with E-state index in [1.165, 1.54) is 6.42 Å². The number of hydrogen-bond donors (Lipinski definition) is 0. The highest BCUT2D eigenvalue weighted by Gasteiger charge is 2.37. The minimum atomic E-state index is -3.58. The Balaban J connectivity index is 1.41. The first kappa shape index (κ1) is 21.6. The van der Waals surface area contributed by atoms with Crippen LogP contribution in [0.2, 0.25) is 0 Å². The van der Waals surface area contributed by atoms with E-state index in [-0.39, 0.29) is 16.8 Å². The minimum Gasteiger partial charge on any atom is -0.345 e. The second kappa shape index (κ2) is 8.62. The molecule has 2 aromatic rings. The molecule has 1 atom stereocenters. The summed E-state index contributed by atoms with van der Waals surface area (Å²) >= 11 is 0. The van der Waals surface area contributed by atoms with E-state index in [1.54, 1.807) is 28.2 Å². The molecular formula is C22H32N6O3S. The largest absolute Gasteiger partial charge is 0.345 e. The maximum atomic E-state index is 13.6. The summed E-state index contributed by atoms with van der Waals surface area (Å²) in [6.07, 6.45) is 10.5. The van der Waals surface area contributed by atoms with E-state index in [1.807, 2.05) is 4.90 Å². The van der Waals surface area contributed by atoms with Gasteiger partial charge in [-0.15, -0.1) is 10.2 Å². The van der Waals surface area contributed by atoms with Gasteiger partial charge in [0.25, 0.3) is 5.91 Å². The van der Waals surface area contributed by atoms with Crippen molar-refractivity contribution in [3.63, 3.8) is 0 Å². The number of hydrogen-bond acceptors (Lipinski definition) is 5. The zero-order chi connectivity index (χ0) is 22.3. The number of piperidine rings is 1. The van der Waals surface area contributed by atoms with Crippen molar-refractivity contribution in [3.8, 4) is 0 Å². The Kier molecular flexibility index (Phi) is 5.83. The van der Waals surface area contributed by atoms with Crippen molar-refractivity contribution in [2.24, 2.45) is 7.05 Å². The molecule has 2 fully saturated rings. The summed E-state index contributed by atoms with van der Waals surface area (Å²) in [5, 5.41) is 8.90. The fourth-order valence-electron chi connectivity index (χ4n) is 5.32. The zero-order valence-electron chi connectivity index (χ0n) is 18.7. The van der Waals surface area contributed by atoms with Crippen LogP contribution < -0.4 is 0 Å². The van der Waals surface area contributed by atoms with Crippen molar-refractivity contribution in [2.45, 2.75) is 75.3 Å². The topological polar surface area (TPSA) is 93.3 Å². The van der Waals surface area contributed by atoms with Crippen molar-refractivity contribution in [3.05, 3.63) is 29.6 Å². The lowest BCUT2D eigenvalue weighted by Gasteiger charge is -2.25. The van der Waals surface area contributed by atoms with E-state index >= 15 is 0 Å². The number of fused-ring (bicyclic) bond motifs is 1. The fraction of sp³-hybridized carbons (Fsp3) is 0.682. The van der Waals surface area contributed by atoms with Gasteiger partial charge in [-0.3, -0.25) is 4.79 Å². The molecule has 1 amide bonds. The Hall–Kier alpha value is -2.20. The molecule has 3 aliphatic heterocycles. The molecule has 5 heterocycles. The lowest BCUT2D eigenvalue weighted by atomic mass is 10.2. The molecule has 0 aliphatic carbocycles. The average Bonchev–Trinajstić information content (AvgIpc) is 3.49. The SMILES string of the molecule is Cn1cc(S(=O)(=O)N2CCCCC2)cc1C(=O)N1CCCC1c1nnc2n1CCCCC2. The Bertz CT molecular complexity index is 1100. The fourth-order valence-corrected chi connectivity index (χ4v) is 6.91.